The molecule has 0 saturated carbocycles. The molecule has 1 rings (SSSR count). The number of rotatable bonds is 4. The van der Waals surface area contributed by atoms with E-state index in [-0.39, 0.29) is 6.42 Å². The second-order valence-corrected chi connectivity index (χ2v) is 3.02. The Morgan fingerprint density at radius 1 is 1.36 bits per heavy atom. The summed E-state index contributed by atoms with van der Waals surface area (Å²) in [6.45, 7) is 0. The molecule has 0 aliphatic rings. The molecule has 0 aromatic heterocycles. The van der Waals surface area contributed by atoms with Crippen molar-refractivity contribution in [2.24, 2.45) is 0 Å². The van der Waals surface area contributed by atoms with Gasteiger partial charge in [-0.1, -0.05) is 17.7 Å². The zero-order chi connectivity index (χ0) is 10.6. The van der Waals surface area contributed by atoms with Gasteiger partial charge >= 0.3 is 0 Å². The SMILES string of the molecule is COc1ccc(CC=O)c(Cl)c1OC. The molecular weight excluding hydrogens is 204 g/mol. The summed E-state index contributed by atoms with van der Waals surface area (Å²) >= 11 is 6.01. The van der Waals surface area contributed by atoms with Crippen LogP contribution in [-0.2, 0) is 11.2 Å². The molecule has 0 unspecified atom stereocenters. The molecule has 0 aliphatic carbocycles. The molecule has 0 fully saturated rings. The van der Waals surface area contributed by atoms with Gasteiger partial charge in [-0.15, -0.1) is 0 Å². The van der Waals surface area contributed by atoms with Crippen LogP contribution in [0, 0.1) is 0 Å². The normalized spacial score (nSPS) is 9.64. The number of ether oxygens (including phenoxy) is 2. The van der Waals surface area contributed by atoms with Crippen LogP contribution in [0.25, 0.3) is 0 Å². The second-order valence-electron chi connectivity index (χ2n) is 2.64. The van der Waals surface area contributed by atoms with Crippen molar-refractivity contribution < 1.29 is 14.3 Å². The number of halogens is 1. The van der Waals surface area contributed by atoms with Gasteiger partial charge in [-0.05, 0) is 11.6 Å². The quantitative estimate of drug-likeness (QED) is 0.720. The summed E-state index contributed by atoms with van der Waals surface area (Å²) < 4.78 is 10.1. The van der Waals surface area contributed by atoms with E-state index in [1.54, 1.807) is 12.1 Å². The van der Waals surface area contributed by atoms with Crippen molar-refractivity contribution in [3.63, 3.8) is 0 Å². The highest BCUT2D eigenvalue weighted by Gasteiger charge is 2.12. The summed E-state index contributed by atoms with van der Waals surface area (Å²) in [7, 11) is 3.04. The first-order chi connectivity index (χ1) is 6.74. The molecule has 1 aromatic rings. The molecule has 0 N–H and O–H groups in total. The van der Waals surface area contributed by atoms with Crippen LogP contribution in [0.15, 0.2) is 12.1 Å². The lowest BCUT2D eigenvalue weighted by atomic mass is 10.1. The van der Waals surface area contributed by atoms with Crippen molar-refractivity contribution in [3.8, 4) is 11.5 Å². The summed E-state index contributed by atoms with van der Waals surface area (Å²) in [5.41, 5.74) is 0.735. The molecule has 0 bridgehead atoms. The molecule has 0 radical (unpaired) electrons. The standard InChI is InChI=1S/C10H11ClO3/c1-13-8-4-3-7(5-6-12)9(11)10(8)14-2/h3-4,6H,5H2,1-2H3. The van der Waals surface area contributed by atoms with Crippen LogP contribution in [0.2, 0.25) is 5.02 Å². The average Bonchev–Trinajstić information content (AvgIpc) is 2.21. The third kappa shape index (κ3) is 1.99. The second kappa shape index (κ2) is 4.86. The zero-order valence-corrected chi connectivity index (χ0v) is 8.80. The highest BCUT2D eigenvalue weighted by molar-refractivity contribution is 6.33. The van der Waals surface area contributed by atoms with E-state index >= 15 is 0 Å². The third-order valence-corrected chi connectivity index (χ3v) is 2.28. The third-order valence-electron chi connectivity index (χ3n) is 1.87. The van der Waals surface area contributed by atoms with Crippen molar-refractivity contribution in [2.45, 2.75) is 6.42 Å². The van der Waals surface area contributed by atoms with Crippen LogP contribution in [0.4, 0.5) is 0 Å². The number of benzene rings is 1. The summed E-state index contributed by atoms with van der Waals surface area (Å²) in [6.07, 6.45) is 1.08. The number of methoxy groups -OCH3 is 2. The van der Waals surface area contributed by atoms with Crippen molar-refractivity contribution in [1.29, 1.82) is 0 Å². The molecule has 0 aliphatic heterocycles. The van der Waals surface area contributed by atoms with Gasteiger partial charge < -0.3 is 14.3 Å². The van der Waals surface area contributed by atoms with Gasteiger partial charge in [-0.2, -0.15) is 0 Å². The van der Waals surface area contributed by atoms with Crippen LogP contribution < -0.4 is 9.47 Å². The molecule has 0 heterocycles. The van der Waals surface area contributed by atoms with E-state index in [2.05, 4.69) is 0 Å². The Hall–Kier alpha value is -1.22. The molecular formula is C10H11ClO3. The largest absolute Gasteiger partial charge is 0.493 e. The minimum atomic E-state index is 0.277. The highest BCUT2D eigenvalue weighted by atomic mass is 35.5. The molecule has 4 heteroatoms. The molecule has 3 nitrogen and oxygen atoms in total. The van der Waals surface area contributed by atoms with Crippen molar-refractivity contribution in [2.75, 3.05) is 14.2 Å². The van der Waals surface area contributed by atoms with Gasteiger partial charge in [-0.3, -0.25) is 0 Å². The first kappa shape index (κ1) is 10.9. The van der Waals surface area contributed by atoms with E-state index in [0.29, 0.717) is 16.5 Å². The number of carbonyl (C=O) groups excluding carboxylic acids is 1. The monoisotopic (exact) mass is 214 g/mol. The van der Waals surface area contributed by atoms with Crippen LogP contribution in [0.5, 0.6) is 11.5 Å². The maximum Gasteiger partial charge on any atom is 0.179 e. The van der Waals surface area contributed by atoms with Crippen LogP contribution >= 0.6 is 11.6 Å². The summed E-state index contributed by atoms with van der Waals surface area (Å²) in [4.78, 5) is 10.3. The Bertz CT molecular complexity index is 336. The van der Waals surface area contributed by atoms with Crippen molar-refractivity contribution in [3.05, 3.63) is 22.7 Å². The predicted octanol–water partition coefficient (Wildman–Crippen LogP) is 2.10. The van der Waals surface area contributed by atoms with Crippen molar-refractivity contribution >= 4 is 17.9 Å². The topological polar surface area (TPSA) is 35.5 Å². The molecule has 0 atom stereocenters. The van der Waals surface area contributed by atoms with Gasteiger partial charge in [0.25, 0.3) is 0 Å². The van der Waals surface area contributed by atoms with E-state index in [0.717, 1.165) is 11.8 Å². The minimum absolute atomic E-state index is 0.277. The fourth-order valence-corrected chi connectivity index (χ4v) is 1.49. The highest BCUT2D eigenvalue weighted by Crippen LogP contribution is 2.37. The van der Waals surface area contributed by atoms with Gasteiger partial charge in [0, 0.05) is 6.42 Å². The minimum Gasteiger partial charge on any atom is -0.493 e. The molecule has 0 saturated heterocycles. The number of carbonyl (C=O) groups is 1. The molecule has 1 aromatic carbocycles. The molecule has 0 amide bonds. The Labute approximate surface area is 87.6 Å². The maximum atomic E-state index is 10.3. The van der Waals surface area contributed by atoms with E-state index in [1.807, 2.05) is 0 Å². The van der Waals surface area contributed by atoms with Crippen LogP contribution in [-0.4, -0.2) is 20.5 Å². The van der Waals surface area contributed by atoms with Crippen LogP contribution in [0.3, 0.4) is 0 Å². The zero-order valence-electron chi connectivity index (χ0n) is 8.04. The van der Waals surface area contributed by atoms with Crippen molar-refractivity contribution in [1.82, 2.24) is 0 Å². The fraction of sp³-hybridized carbons (Fsp3) is 0.300. The molecule has 0 spiro atoms. The number of hydrogen-bond donors (Lipinski definition) is 0. The van der Waals surface area contributed by atoms with E-state index in [9.17, 15) is 4.79 Å². The first-order valence-corrected chi connectivity index (χ1v) is 4.45. The van der Waals surface area contributed by atoms with Gasteiger partial charge in [0.2, 0.25) is 0 Å². The first-order valence-electron chi connectivity index (χ1n) is 4.07. The van der Waals surface area contributed by atoms with Gasteiger partial charge in [0.15, 0.2) is 11.5 Å². The van der Waals surface area contributed by atoms with E-state index < -0.39 is 0 Å². The van der Waals surface area contributed by atoms with Gasteiger partial charge in [-0.25, -0.2) is 0 Å². The predicted molar refractivity (Wildman–Crippen MR) is 54.3 cm³/mol. The summed E-state index contributed by atoms with van der Waals surface area (Å²) in [5, 5.41) is 0.430. The Kier molecular flexibility index (Phi) is 3.77. The Balaban J connectivity index is 3.19. The Morgan fingerprint density at radius 2 is 2.07 bits per heavy atom. The van der Waals surface area contributed by atoms with Crippen LogP contribution in [0.1, 0.15) is 5.56 Å². The Morgan fingerprint density at radius 3 is 2.57 bits per heavy atom. The molecule has 14 heavy (non-hydrogen) atoms. The lowest BCUT2D eigenvalue weighted by molar-refractivity contribution is -0.107. The maximum absolute atomic E-state index is 10.3. The van der Waals surface area contributed by atoms with Gasteiger partial charge in [0.05, 0.1) is 19.2 Å². The lowest BCUT2D eigenvalue weighted by Gasteiger charge is -2.11. The van der Waals surface area contributed by atoms with E-state index in [1.165, 1.54) is 14.2 Å². The summed E-state index contributed by atoms with van der Waals surface area (Å²) in [6, 6.07) is 3.47. The molecule has 76 valence electrons. The summed E-state index contributed by atoms with van der Waals surface area (Å²) in [5.74, 6) is 1.03. The fourth-order valence-electron chi connectivity index (χ4n) is 1.18. The number of hydrogen-bond acceptors (Lipinski definition) is 3. The smallest absolute Gasteiger partial charge is 0.179 e. The van der Waals surface area contributed by atoms with Gasteiger partial charge in [0.1, 0.15) is 6.29 Å². The van der Waals surface area contributed by atoms with E-state index in [4.69, 9.17) is 21.1 Å². The lowest BCUT2D eigenvalue weighted by Crippen LogP contribution is -1.95. The average molecular weight is 215 g/mol. The number of aldehydes is 1.